The average Bonchev–Trinajstić information content (AvgIpc) is 2.68. The van der Waals surface area contributed by atoms with Crippen LogP contribution >= 0.6 is 0 Å². The number of hydrogen-bond donors (Lipinski definition) is 1. The third kappa shape index (κ3) is 4.37. The largest absolute Gasteiger partial charge is 0.382 e. The first-order valence-corrected chi connectivity index (χ1v) is 10.5. The Morgan fingerprint density at radius 2 is 2.00 bits per heavy atom. The molecule has 0 saturated carbocycles. The van der Waals surface area contributed by atoms with Crippen LogP contribution in [0, 0.1) is 21.4 Å². The van der Waals surface area contributed by atoms with Crippen LogP contribution in [0.1, 0.15) is 18.4 Å². The number of pyridine rings is 1. The molecule has 2 heterocycles. The molecular formula is C18H19N5O4S. The maximum Gasteiger partial charge on any atom is 0.288 e. The lowest BCUT2D eigenvalue weighted by Gasteiger charge is -2.33. The van der Waals surface area contributed by atoms with E-state index >= 15 is 0 Å². The van der Waals surface area contributed by atoms with Crippen molar-refractivity contribution in [3.8, 4) is 6.07 Å². The van der Waals surface area contributed by atoms with Crippen molar-refractivity contribution in [3.05, 3.63) is 52.2 Å². The van der Waals surface area contributed by atoms with Crippen LogP contribution in [0.25, 0.3) is 0 Å². The number of rotatable bonds is 5. The van der Waals surface area contributed by atoms with E-state index in [1.807, 2.05) is 12.1 Å². The second kappa shape index (κ2) is 7.82. The van der Waals surface area contributed by atoms with Gasteiger partial charge in [-0.1, -0.05) is 0 Å². The molecule has 10 heteroatoms. The number of nitrogens with zero attached hydrogens (tertiary/aromatic N) is 4. The van der Waals surface area contributed by atoms with E-state index < -0.39 is 20.4 Å². The van der Waals surface area contributed by atoms with Crippen LogP contribution in [0.2, 0.25) is 0 Å². The molecule has 0 aliphatic carbocycles. The van der Waals surface area contributed by atoms with Crippen molar-refractivity contribution in [1.29, 1.82) is 5.26 Å². The predicted molar refractivity (Wildman–Crippen MR) is 104 cm³/mol. The quantitative estimate of drug-likeness (QED) is 0.597. The predicted octanol–water partition coefficient (Wildman–Crippen LogP) is 2.35. The van der Waals surface area contributed by atoms with E-state index in [1.165, 1.54) is 18.2 Å². The SMILES string of the molecule is CS(=O)(=O)c1cc(NC2CCN(c3ccc(C#N)cn3)CC2)ccc1[N+](=O)[O-]. The van der Waals surface area contributed by atoms with Gasteiger partial charge in [-0.25, -0.2) is 13.4 Å². The van der Waals surface area contributed by atoms with Crippen LogP contribution in [0.3, 0.4) is 0 Å². The van der Waals surface area contributed by atoms with E-state index in [2.05, 4.69) is 15.2 Å². The van der Waals surface area contributed by atoms with Gasteiger partial charge in [0, 0.05) is 43.3 Å². The Balaban J connectivity index is 1.67. The van der Waals surface area contributed by atoms with Crippen LogP contribution in [-0.4, -0.2) is 43.7 Å². The van der Waals surface area contributed by atoms with Crippen molar-refractivity contribution >= 4 is 27.0 Å². The van der Waals surface area contributed by atoms with E-state index in [0.717, 1.165) is 38.0 Å². The van der Waals surface area contributed by atoms with Gasteiger partial charge >= 0.3 is 0 Å². The number of piperidine rings is 1. The highest BCUT2D eigenvalue weighted by Crippen LogP contribution is 2.28. The molecule has 0 bridgehead atoms. The highest BCUT2D eigenvalue weighted by Gasteiger charge is 2.24. The van der Waals surface area contributed by atoms with Crippen LogP contribution < -0.4 is 10.2 Å². The molecule has 3 rings (SSSR count). The first-order chi connectivity index (χ1) is 13.3. The van der Waals surface area contributed by atoms with Crippen molar-refractivity contribution in [1.82, 2.24) is 4.98 Å². The minimum Gasteiger partial charge on any atom is -0.382 e. The summed E-state index contributed by atoms with van der Waals surface area (Å²) in [6.07, 6.45) is 4.10. The molecule has 1 aliphatic heterocycles. The van der Waals surface area contributed by atoms with Crippen LogP contribution in [0.15, 0.2) is 41.4 Å². The minimum absolute atomic E-state index is 0.114. The van der Waals surface area contributed by atoms with Crippen LogP contribution in [0.5, 0.6) is 0 Å². The summed E-state index contributed by atoms with van der Waals surface area (Å²) in [5, 5.41) is 23.2. The molecule has 1 saturated heterocycles. The van der Waals surface area contributed by atoms with Gasteiger partial charge in [0.25, 0.3) is 5.69 Å². The minimum atomic E-state index is -3.71. The molecule has 146 valence electrons. The summed E-state index contributed by atoms with van der Waals surface area (Å²) < 4.78 is 23.8. The van der Waals surface area contributed by atoms with Crippen LogP contribution in [0.4, 0.5) is 17.2 Å². The normalized spacial score (nSPS) is 15.1. The zero-order valence-corrected chi connectivity index (χ0v) is 16.0. The van der Waals surface area contributed by atoms with Gasteiger partial charge in [-0.05, 0) is 37.1 Å². The molecule has 0 spiro atoms. The van der Waals surface area contributed by atoms with Gasteiger partial charge < -0.3 is 10.2 Å². The van der Waals surface area contributed by atoms with Gasteiger partial charge in [-0.15, -0.1) is 0 Å². The molecule has 0 unspecified atom stereocenters. The van der Waals surface area contributed by atoms with Crippen molar-refractivity contribution in [2.24, 2.45) is 0 Å². The Morgan fingerprint density at radius 3 is 2.54 bits per heavy atom. The molecule has 0 radical (unpaired) electrons. The van der Waals surface area contributed by atoms with Crippen molar-refractivity contribution in [3.63, 3.8) is 0 Å². The molecule has 0 atom stereocenters. The zero-order chi connectivity index (χ0) is 20.3. The fraction of sp³-hybridized carbons (Fsp3) is 0.333. The van der Waals surface area contributed by atoms with Crippen LogP contribution in [-0.2, 0) is 9.84 Å². The third-order valence-corrected chi connectivity index (χ3v) is 5.75. The smallest absolute Gasteiger partial charge is 0.288 e. The standard InChI is InChI=1S/C18H19N5O4S/c1-28(26,27)17-10-15(3-4-16(17)23(24)25)21-14-6-8-22(9-7-14)18-5-2-13(11-19)12-20-18/h2-5,10,12,14,21H,6-9H2,1H3. The summed E-state index contributed by atoms with van der Waals surface area (Å²) in [5.41, 5.74) is 0.635. The Kier molecular flexibility index (Phi) is 5.46. The number of hydrogen-bond acceptors (Lipinski definition) is 8. The Morgan fingerprint density at radius 1 is 1.29 bits per heavy atom. The number of nitrogens with one attached hydrogen (secondary N) is 1. The van der Waals surface area contributed by atoms with Gasteiger partial charge in [-0.3, -0.25) is 10.1 Å². The third-order valence-electron chi connectivity index (χ3n) is 4.62. The summed E-state index contributed by atoms with van der Waals surface area (Å²) in [4.78, 5) is 16.5. The Bertz CT molecular complexity index is 1020. The highest BCUT2D eigenvalue weighted by molar-refractivity contribution is 7.90. The maximum absolute atomic E-state index is 11.9. The van der Waals surface area contributed by atoms with E-state index in [1.54, 1.807) is 12.3 Å². The lowest BCUT2D eigenvalue weighted by atomic mass is 10.0. The van der Waals surface area contributed by atoms with E-state index in [-0.39, 0.29) is 10.9 Å². The lowest BCUT2D eigenvalue weighted by Crippen LogP contribution is -2.39. The number of benzene rings is 1. The molecule has 2 aromatic rings. The maximum atomic E-state index is 11.9. The topological polar surface area (TPSA) is 129 Å². The molecular weight excluding hydrogens is 382 g/mol. The fourth-order valence-corrected chi connectivity index (χ4v) is 4.04. The van der Waals surface area contributed by atoms with Gasteiger partial charge in [0.2, 0.25) is 0 Å². The number of nitriles is 1. The number of aromatic nitrogens is 1. The summed E-state index contributed by atoms with van der Waals surface area (Å²) in [5.74, 6) is 0.812. The summed E-state index contributed by atoms with van der Waals surface area (Å²) >= 11 is 0. The number of nitro benzene ring substituents is 1. The number of sulfone groups is 1. The molecule has 1 aromatic heterocycles. The molecule has 9 nitrogen and oxygen atoms in total. The molecule has 1 N–H and O–H groups in total. The van der Waals surface area contributed by atoms with Gasteiger partial charge in [-0.2, -0.15) is 5.26 Å². The summed E-state index contributed by atoms with van der Waals surface area (Å²) in [6.45, 7) is 1.50. The van der Waals surface area contributed by atoms with E-state index in [0.29, 0.717) is 11.3 Å². The Hall–Kier alpha value is -3.19. The number of nitro groups is 1. The van der Waals surface area contributed by atoms with Crippen molar-refractivity contribution < 1.29 is 13.3 Å². The van der Waals surface area contributed by atoms with Gasteiger partial charge in [0.15, 0.2) is 9.84 Å². The second-order valence-electron chi connectivity index (χ2n) is 6.63. The lowest BCUT2D eigenvalue weighted by molar-refractivity contribution is -0.387. The first-order valence-electron chi connectivity index (χ1n) is 8.64. The van der Waals surface area contributed by atoms with E-state index in [4.69, 9.17) is 5.26 Å². The monoisotopic (exact) mass is 401 g/mol. The summed E-state index contributed by atoms with van der Waals surface area (Å²) in [7, 11) is -3.71. The zero-order valence-electron chi connectivity index (χ0n) is 15.2. The average molecular weight is 401 g/mol. The molecule has 1 aromatic carbocycles. The number of anilines is 2. The van der Waals surface area contributed by atoms with Crippen molar-refractivity contribution in [2.45, 2.75) is 23.8 Å². The Labute approximate surface area is 162 Å². The van der Waals surface area contributed by atoms with Gasteiger partial charge in [0.1, 0.15) is 16.8 Å². The summed E-state index contributed by atoms with van der Waals surface area (Å²) in [6, 6.07) is 9.78. The fourth-order valence-electron chi connectivity index (χ4n) is 3.18. The second-order valence-corrected chi connectivity index (χ2v) is 8.62. The highest BCUT2D eigenvalue weighted by atomic mass is 32.2. The van der Waals surface area contributed by atoms with Gasteiger partial charge in [0.05, 0.1) is 10.5 Å². The first kappa shape index (κ1) is 19.6. The molecule has 28 heavy (non-hydrogen) atoms. The molecule has 1 fully saturated rings. The van der Waals surface area contributed by atoms with Crippen molar-refractivity contribution in [2.75, 3.05) is 29.6 Å². The molecule has 0 amide bonds. The molecule has 1 aliphatic rings. The van der Waals surface area contributed by atoms with E-state index in [9.17, 15) is 18.5 Å².